The van der Waals surface area contributed by atoms with Crippen LogP contribution in [0.15, 0.2) is 42.5 Å². The fraction of sp³-hybridized carbons (Fsp3) is 0.200. The molecule has 21 heavy (non-hydrogen) atoms. The summed E-state index contributed by atoms with van der Waals surface area (Å²) in [5, 5.41) is 12.5. The molecule has 0 bridgehead atoms. The van der Waals surface area contributed by atoms with Crippen LogP contribution in [0.4, 0.5) is 14.5 Å². The van der Waals surface area contributed by atoms with Crippen LogP contribution in [0.25, 0.3) is 0 Å². The van der Waals surface area contributed by atoms with Crippen LogP contribution in [0.5, 0.6) is 5.75 Å². The number of anilines is 1. The normalized spacial score (nSPS) is 12.0. The smallest absolute Gasteiger partial charge is 0.165 e. The standard InChI is InChI=1S/C15H14ClF2NO2/c16-11-4-3-6-13(15(11)18)19-8-10(20)9-21-14-7-2-1-5-12(14)17/h1-7,10,19-20H,8-9H2. The molecular weight excluding hydrogens is 300 g/mol. The average molecular weight is 314 g/mol. The van der Waals surface area contributed by atoms with E-state index >= 15 is 0 Å². The van der Waals surface area contributed by atoms with Gasteiger partial charge in [-0.3, -0.25) is 0 Å². The fourth-order valence-electron chi connectivity index (χ4n) is 1.67. The summed E-state index contributed by atoms with van der Waals surface area (Å²) in [7, 11) is 0. The van der Waals surface area contributed by atoms with Crippen molar-refractivity contribution < 1.29 is 18.6 Å². The van der Waals surface area contributed by atoms with E-state index in [1.165, 1.54) is 24.3 Å². The topological polar surface area (TPSA) is 41.5 Å². The van der Waals surface area contributed by atoms with Gasteiger partial charge in [-0.1, -0.05) is 29.8 Å². The highest BCUT2D eigenvalue weighted by atomic mass is 35.5. The highest BCUT2D eigenvalue weighted by molar-refractivity contribution is 6.31. The van der Waals surface area contributed by atoms with Crippen LogP contribution in [0.1, 0.15) is 0 Å². The second kappa shape index (κ2) is 7.24. The minimum absolute atomic E-state index is 0.00269. The minimum atomic E-state index is -0.928. The maximum absolute atomic E-state index is 13.6. The van der Waals surface area contributed by atoms with E-state index in [0.29, 0.717) is 0 Å². The van der Waals surface area contributed by atoms with E-state index in [1.54, 1.807) is 18.2 Å². The van der Waals surface area contributed by atoms with Crippen molar-refractivity contribution >= 4 is 17.3 Å². The number of aliphatic hydroxyl groups is 1. The van der Waals surface area contributed by atoms with Gasteiger partial charge in [-0.15, -0.1) is 0 Å². The van der Waals surface area contributed by atoms with E-state index in [2.05, 4.69) is 5.32 Å². The number of rotatable bonds is 6. The molecule has 0 fully saturated rings. The van der Waals surface area contributed by atoms with Crippen LogP contribution in [0, 0.1) is 11.6 Å². The van der Waals surface area contributed by atoms with Gasteiger partial charge in [0.2, 0.25) is 0 Å². The first-order valence-electron chi connectivity index (χ1n) is 6.31. The zero-order valence-corrected chi connectivity index (χ0v) is 11.8. The van der Waals surface area contributed by atoms with Gasteiger partial charge >= 0.3 is 0 Å². The highest BCUT2D eigenvalue weighted by Crippen LogP contribution is 2.22. The number of hydrogen-bond acceptors (Lipinski definition) is 3. The molecule has 3 nitrogen and oxygen atoms in total. The highest BCUT2D eigenvalue weighted by Gasteiger charge is 2.10. The van der Waals surface area contributed by atoms with E-state index in [1.807, 2.05) is 0 Å². The Balaban J connectivity index is 1.84. The van der Waals surface area contributed by atoms with Gasteiger partial charge in [0.25, 0.3) is 0 Å². The van der Waals surface area contributed by atoms with Gasteiger partial charge in [0.1, 0.15) is 12.7 Å². The van der Waals surface area contributed by atoms with Crippen LogP contribution in [0.3, 0.4) is 0 Å². The number of nitrogens with one attached hydrogen (secondary N) is 1. The molecule has 0 aliphatic heterocycles. The molecule has 0 aromatic heterocycles. The van der Waals surface area contributed by atoms with E-state index in [9.17, 15) is 13.9 Å². The van der Waals surface area contributed by atoms with Gasteiger partial charge in [-0.05, 0) is 24.3 Å². The number of benzene rings is 2. The first kappa shape index (κ1) is 15.5. The summed E-state index contributed by atoms with van der Waals surface area (Å²) in [5.41, 5.74) is 0.187. The van der Waals surface area contributed by atoms with Crippen LogP contribution in [0.2, 0.25) is 5.02 Å². The van der Waals surface area contributed by atoms with Crippen molar-refractivity contribution in [3.63, 3.8) is 0 Å². The molecule has 0 heterocycles. The van der Waals surface area contributed by atoms with Crippen LogP contribution in [-0.2, 0) is 0 Å². The lowest BCUT2D eigenvalue weighted by Crippen LogP contribution is -2.26. The molecular formula is C15H14ClF2NO2. The van der Waals surface area contributed by atoms with Gasteiger partial charge in [-0.25, -0.2) is 8.78 Å². The van der Waals surface area contributed by atoms with Crippen molar-refractivity contribution in [1.82, 2.24) is 0 Å². The van der Waals surface area contributed by atoms with Crippen LogP contribution < -0.4 is 10.1 Å². The predicted octanol–water partition coefficient (Wildman–Crippen LogP) is 3.47. The van der Waals surface area contributed by atoms with Gasteiger partial charge < -0.3 is 15.2 Å². The second-order valence-corrected chi connectivity index (χ2v) is 4.78. The number of aliphatic hydroxyl groups excluding tert-OH is 1. The zero-order chi connectivity index (χ0) is 15.2. The number of halogens is 3. The summed E-state index contributed by atoms with van der Waals surface area (Å²) in [5.74, 6) is -1.02. The Labute approximate surface area is 126 Å². The molecule has 0 aliphatic carbocycles. The maximum Gasteiger partial charge on any atom is 0.165 e. The monoisotopic (exact) mass is 313 g/mol. The molecule has 2 rings (SSSR count). The van der Waals surface area contributed by atoms with Crippen LogP contribution >= 0.6 is 11.6 Å². The van der Waals surface area contributed by atoms with E-state index in [4.69, 9.17) is 16.3 Å². The molecule has 0 spiro atoms. The van der Waals surface area contributed by atoms with Crippen molar-refractivity contribution in [1.29, 1.82) is 0 Å². The molecule has 1 atom stereocenters. The third-order valence-electron chi connectivity index (χ3n) is 2.75. The van der Waals surface area contributed by atoms with Crippen molar-refractivity contribution in [3.8, 4) is 5.75 Å². The van der Waals surface area contributed by atoms with Gasteiger partial charge in [-0.2, -0.15) is 0 Å². The molecule has 0 radical (unpaired) electrons. The molecule has 2 aromatic carbocycles. The summed E-state index contributed by atoms with van der Waals surface area (Å²) >= 11 is 5.64. The molecule has 2 aromatic rings. The van der Waals surface area contributed by atoms with Gasteiger partial charge in [0.15, 0.2) is 17.4 Å². The predicted molar refractivity (Wildman–Crippen MR) is 77.8 cm³/mol. The van der Waals surface area contributed by atoms with Crippen LogP contribution in [-0.4, -0.2) is 24.4 Å². The fourth-order valence-corrected chi connectivity index (χ4v) is 1.85. The lowest BCUT2D eigenvalue weighted by atomic mass is 10.3. The van der Waals surface area contributed by atoms with Crippen molar-refractivity contribution in [2.24, 2.45) is 0 Å². The Hall–Kier alpha value is -1.85. The summed E-state index contributed by atoms with van der Waals surface area (Å²) < 4.78 is 32.1. The van der Waals surface area contributed by atoms with Crippen molar-refractivity contribution in [2.45, 2.75) is 6.10 Å². The summed E-state index contributed by atoms with van der Waals surface area (Å²) in [6.45, 7) is -0.0676. The third kappa shape index (κ3) is 4.31. The Bertz CT molecular complexity index is 610. The lowest BCUT2D eigenvalue weighted by Gasteiger charge is -2.15. The van der Waals surface area contributed by atoms with Crippen molar-refractivity contribution in [2.75, 3.05) is 18.5 Å². The Morgan fingerprint density at radius 3 is 2.67 bits per heavy atom. The number of para-hydroxylation sites is 1. The molecule has 112 valence electrons. The molecule has 1 unspecified atom stereocenters. The van der Waals surface area contributed by atoms with Crippen molar-refractivity contribution in [3.05, 3.63) is 59.1 Å². The number of ether oxygens (including phenoxy) is 1. The minimum Gasteiger partial charge on any atom is -0.488 e. The van der Waals surface area contributed by atoms with E-state index in [-0.39, 0.29) is 29.6 Å². The zero-order valence-electron chi connectivity index (χ0n) is 11.0. The molecule has 0 saturated carbocycles. The van der Waals surface area contributed by atoms with E-state index in [0.717, 1.165) is 0 Å². The first-order valence-corrected chi connectivity index (χ1v) is 6.69. The average Bonchev–Trinajstić information content (AvgIpc) is 2.48. The molecule has 0 saturated heterocycles. The largest absolute Gasteiger partial charge is 0.488 e. The first-order chi connectivity index (χ1) is 10.1. The molecule has 0 amide bonds. The summed E-state index contributed by atoms with van der Waals surface area (Å²) in [6.07, 6.45) is -0.928. The SMILES string of the molecule is OC(CNc1cccc(Cl)c1F)COc1ccccc1F. The van der Waals surface area contributed by atoms with Gasteiger partial charge in [0, 0.05) is 6.54 Å². The Morgan fingerprint density at radius 2 is 1.90 bits per heavy atom. The van der Waals surface area contributed by atoms with E-state index < -0.39 is 17.7 Å². The lowest BCUT2D eigenvalue weighted by molar-refractivity contribution is 0.115. The molecule has 2 N–H and O–H groups in total. The molecule has 0 aliphatic rings. The summed E-state index contributed by atoms with van der Waals surface area (Å²) in [6, 6.07) is 10.4. The third-order valence-corrected chi connectivity index (χ3v) is 3.04. The number of hydrogen-bond donors (Lipinski definition) is 2. The quantitative estimate of drug-likeness (QED) is 0.858. The Kier molecular flexibility index (Phi) is 5.36. The molecule has 6 heteroatoms. The second-order valence-electron chi connectivity index (χ2n) is 4.38. The van der Waals surface area contributed by atoms with Gasteiger partial charge in [0.05, 0.1) is 10.7 Å². The Morgan fingerprint density at radius 1 is 1.14 bits per heavy atom. The summed E-state index contributed by atoms with van der Waals surface area (Å²) in [4.78, 5) is 0. The maximum atomic E-state index is 13.6.